The van der Waals surface area contributed by atoms with Crippen molar-refractivity contribution in [2.45, 2.75) is 30.9 Å². The molecule has 0 saturated heterocycles. The van der Waals surface area contributed by atoms with Crippen molar-refractivity contribution in [1.82, 2.24) is 9.97 Å². The number of nitrogens with two attached hydrogens (primary N) is 1. The molecule has 2 aromatic heterocycles. The van der Waals surface area contributed by atoms with Gasteiger partial charge in [0.2, 0.25) is 0 Å². The second-order valence-corrected chi connectivity index (χ2v) is 9.39. The minimum absolute atomic E-state index is 0.451. The van der Waals surface area contributed by atoms with E-state index in [0.29, 0.717) is 12.8 Å². The first-order valence-corrected chi connectivity index (χ1v) is 10.8. The normalized spacial score (nSPS) is 23.2. The van der Waals surface area contributed by atoms with Gasteiger partial charge in [0.1, 0.15) is 5.01 Å². The number of nitrogens with zero attached hydrogens (tertiary/aromatic N) is 2. The third-order valence-electron chi connectivity index (χ3n) is 5.70. The summed E-state index contributed by atoms with van der Waals surface area (Å²) in [6.07, 6.45) is 4.78. The van der Waals surface area contributed by atoms with Gasteiger partial charge in [-0.1, -0.05) is 54.6 Å². The largest absolute Gasteiger partial charge is 0.390 e. The summed E-state index contributed by atoms with van der Waals surface area (Å²) >= 11 is 1.68. The van der Waals surface area contributed by atoms with Crippen molar-refractivity contribution in [2.75, 3.05) is 0 Å². The lowest BCUT2D eigenvalue weighted by atomic mass is 9.63. The zero-order chi connectivity index (χ0) is 20.8. The number of thiazole rings is 1. The Kier molecular flexibility index (Phi) is 4.54. The summed E-state index contributed by atoms with van der Waals surface area (Å²) in [6.45, 7) is 1.84. The van der Waals surface area contributed by atoms with Gasteiger partial charge in [-0.05, 0) is 43.0 Å². The summed E-state index contributed by atoms with van der Waals surface area (Å²) in [5, 5.41) is 11.1. The molecule has 3 N–H and O–H groups in total. The number of hydrogen-bond donors (Lipinski definition) is 2. The van der Waals surface area contributed by atoms with E-state index in [4.69, 9.17) is 10.7 Å². The molecule has 1 aliphatic rings. The second-order valence-electron chi connectivity index (χ2n) is 8.39. The second kappa shape index (κ2) is 7.13. The Labute approximate surface area is 180 Å². The fraction of sp³-hybridized carbons (Fsp3) is 0.200. The van der Waals surface area contributed by atoms with Crippen LogP contribution in [0, 0.1) is 0 Å². The average Bonchev–Trinajstić information content (AvgIpc) is 3.19. The van der Waals surface area contributed by atoms with Crippen molar-refractivity contribution < 1.29 is 5.11 Å². The summed E-state index contributed by atoms with van der Waals surface area (Å²) in [5.74, 6) is 0. The monoisotopic (exact) mass is 413 g/mol. The lowest BCUT2D eigenvalue weighted by molar-refractivity contribution is -0.0738. The molecule has 4 nitrogen and oxygen atoms in total. The van der Waals surface area contributed by atoms with Gasteiger partial charge >= 0.3 is 0 Å². The Hall–Kier alpha value is -2.86. The minimum atomic E-state index is -0.665. The van der Waals surface area contributed by atoms with Gasteiger partial charge in [0.25, 0.3) is 0 Å². The molecule has 1 fully saturated rings. The van der Waals surface area contributed by atoms with E-state index in [1.54, 1.807) is 17.5 Å². The highest BCUT2D eigenvalue weighted by Gasteiger charge is 2.49. The summed E-state index contributed by atoms with van der Waals surface area (Å²) in [5.41, 5.74) is 10.6. The van der Waals surface area contributed by atoms with E-state index in [1.165, 1.54) is 0 Å². The first-order valence-electron chi connectivity index (χ1n) is 10.0. The van der Waals surface area contributed by atoms with E-state index in [1.807, 2.05) is 43.5 Å². The lowest BCUT2D eigenvalue weighted by Crippen LogP contribution is -2.58. The maximum absolute atomic E-state index is 10.1. The summed E-state index contributed by atoms with van der Waals surface area (Å²) < 4.78 is 0. The van der Waals surface area contributed by atoms with Crippen LogP contribution < -0.4 is 5.73 Å². The van der Waals surface area contributed by atoms with Crippen LogP contribution in [0.5, 0.6) is 0 Å². The predicted molar refractivity (Wildman–Crippen MR) is 122 cm³/mol. The third kappa shape index (κ3) is 3.45. The van der Waals surface area contributed by atoms with Crippen LogP contribution in [0.15, 0.2) is 79.1 Å². The Morgan fingerprint density at radius 1 is 0.900 bits per heavy atom. The lowest BCUT2D eigenvalue weighted by Gasteiger charge is -2.49. The van der Waals surface area contributed by atoms with Crippen LogP contribution in [0.25, 0.3) is 32.3 Å². The van der Waals surface area contributed by atoms with Gasteiger partial charge in [-0.15, -0.1) is 11.3 Å². The predicted octanol–water partition coefficient (Wildman–Crippen LogP) is 5.24. The zero-order valence-corrected chi connectivity index (χ0v) is 17.6. The van der Waals surface area contributed by atoms with Gasteiger partial charge in [0.15, 0.2) is 0 Å². The molecule has 0 radical (unpaired) electrons. The first kappa shape index (κ1) is 19.1. The standard InChI is InChI=1S/C25H23N3OS/c1-24(29)15-25(26,16-24)20-11-9-17(10-12-20)21-22(18-6-3-2-4-7-18)30-23(28-21)19-8-5-13-27-14-19/h2-14,29H,15-16,26H2,1H3/t24-,25+. The molecule has 2 heterocycles. The van der Waals surface area contributed by atoms with Crippen LogP contribution in [0.2, 0.25) is 0 Å². The zero-order valence-electron chi connectivity index (χ0n) is 16.7. The van der Waals surface area contributed by atoms with Crippen LogP contribution in [-0.2, 0) is 5.54 Å². The van der Waals surface area contributed by atoms with Crippen molar-refractivity contribution in [3.05, 3.63) is 84.7 Å². The van der Waals surface area contributed by atoms with E-state index in [0.717, 1.165) is 37.8 Å². The molecule has 150 valence electrons. The molecule has 30 heavy (non-hydrogen) atoms. The van der Waals surface area contributed by atoms with Crippen molar-refractivity contribution in [2.24, 2.45) is 5.73 Å². The van der Waals surface area contributed by atoms with Crippen LogP contribution >= 0.6 is 11.3 Å². The molecule has 5 rings (SSSR count). The quantitative estimate of drug-likeness (QED) is 0.480. The van der Waals surface area contributed by atoms with Crippen LogP contribution in [-0.4, -0.2) is 20.7 Å². The van der Waals surface area contributed by atoms with Crippen molar-refractivity contribution in [1.29, 1.82) is 0 Å². The molecule has 0 unspecified atom stereocenters. The molecular weight excluding hydrogens is 390 g/mol. The fourth-order valence-electron chi connectivity index (χ4n) is 4.39. The molecule has 0 spiro atoms. The summed E-state index contributed by atoms with van der Waals surface area (Å²) in [7, 11) is 0. The van der Waals surface area contributed by atoms with Crippen molar-refractivity contribution in [3.8, 4) is 32.3 Å². The van der Waals surface area contributed by atoms with Crippen LogP contribution in [0.1, 0.15) is 25.3 Å². The van der Waals surface area contributed by atoms with E-state index in [-0.39, 0.29) is 0 Å². The minimum Gasteiger partial charge on any atom is -0.390 e. The van der Waals surface area contributed by atoms with Gasteiger partial charge in [-0.25, -0.2) is 4.98 Å². The van der Waals surface area contributed by atoms with E-state index in [2.05, 4.69) is 41.4 Å². The molecule has 1 saturated carbocycles. The maximum Gasteiger partial charge on any atom is 0.126 e. The fourth-order valence-corrected chi connectivity index (χ4v) is 5.47. The molecule has 0 aliphatic heterocycles. The van der Waals surface area contributed by atoms with E-state index >= 15 is 0 Å². The molecule has 5 heteroatoms. The number of hydrogen-bond acceptors (Lipinski definition) is 5. The Balaban J connectivity index is 1.56. The Morgan fingerprint density at radius 3 is 2.23 bits per heavy atom. The number of pyridine rings is 1. The molecule has 1 aliphatic carbocycles. The SMILES string of the molecule is C[C@]1(O)C[C@](N)(c2ccc(-c3nc(-c4cccnc4)sc3-c3ccccc3)cc2)C1. The van der Waals surface area contributed by atoms with Gasteiger partial charge in [0, 0.05) is 29.1 Å². The Morgan fingerprint density at radius 2 is 1.60 bits per heavy atom. The number of rotatable bonds is 4. The molecule has 4 aromatic rings. The molecule has 0 amide bonds. The van der Waals surface area contributed by atoms with Crippen LogP contribution in [0.4, 0.5) is 0 Å². The highest BCUT2D eigenvalue weighted by Crippen LogP contribution is 2.47. The molecule has 2 aromatic carbocycles. The molecular formula is C25H23N3OS. The summed E-state index contributed by atoms with van der Waals surface area (Å²) in [6, 6.07) is 22.6. The topological polar surface area (TPSA) is 72.0 Å². The third-order valence-corrected chi connectivity index (χ3v) is 6.85. The number of aliphatic hydroxyl groups is 1. The number of aromatic nitrogens is 2. The van der Waals surface area contributed by atoms with E-state index < -0.39 is 11.1 Å². The van der Waals surface area contributed by atoms with Gasteiger partial charge in [-0.2, -0.15) is 0 Å². The number of benzene rings is 2. The maximum atomic E-state index is 10.1. The van der Waals surface area contributed by atoms with Crippen molar-refractivity contribution >= 4 is 11.3 Å². The highest BCUT2D eigenvalue weighted by atomic mass is 32.1. The average molecular weight is 414 g/mol. The smallest absolute Gasteiger partial charge is 0.126 e. The Bertz CT molecular complexity index is 1160. The van der Waals surface area contributed by atoms with Crippen LogP contribution in [0.3, 0.4) is 0 Å². The van der Waals surface area contributed by atoms with Gasteiger partial charge < -0.3 is 10.8 Å². The molecule has 0 bridgehead atoms. The summed E-state index contributed by atoms with van der Waals surface area (Å²) in [4.78, 5) is 10.4. The first-order chi connectivity index (χ1) is 14.4. The van der Waals surface area contributed by atoms with Gasteiger partial charge in [0.05, 0.1) is 16.2 Å². The van der Waals surface area contributed by atoms with Gasteiger partial charge in [-0.3, -0.25) is 4.98 Å². The highest BCUT2D eigenvalue weighted by molar-refractivity contribution is 7.19. The van der Waals surface area contributed by atoms with E-state index in [9.17, 15) is 5.11 Å². The molecule has 0 atom stereocenters. The van der Waals surface area contributed by atoms with Crippen molar-refractivity contribution in [3.63, 3.8) is 0 Å².